The summed E-state index contributed by atoms with van der Waals surface area (Å²) in [7, 11) is 0. The molecule has 2 aromatic carbocycles. The van der Waals surface area contributed by atoms with Gasteiger partial charge in [0.15, 0.2) is 5.76 Å². The molecular weight excluding hydrogens is 342 g/mol. The van der Waals surface area contributed by atoms with Crippen molar-refractivity contribution in [1.29, 1.82) is 0 Å². The van der Waals surface area contributed by atoms with Crippen LogP contribution < -0.4 is 10.9 Å². The molecular formula is C17H15N3O4S. The van der Waals surface area contributed by atoms with Crippen molar-refractivity contribution in [3.63, 3.8) is 0 Å². The number of carbonyl (C=O) groups is 1. The maximum Gasteiger partial charge on any atom is 0.305 e. The molecule has 0 aliphatic heterocycles. The third-order valence-electron chi connectivity index (χ3n) is 3.60. The number of rotatable bonds is 6. The first-order valence-electron chi connectivity index (χ1n) is 7.41. The highest BCUT2D eigenvalue weighted by Gasteiger charge is 2.21. The van der Waals surface area contributed by atoms with Crippen LogP contribution in [0.1, 0.15) is 16.1 Å². The molecule has 0 spiro atoms. The molecule has 3 rings (SSSR count). The third kappa shape index (κ3) is 3.43. The zero-order valence-electron chi connectivity index (χ0n) is 13.3. The molecule has 0 atom stereocenters. The number of thioether (sulfide) groups is 1. The van der Waals surface area contributed by atoms with Gasteiger partial charge in [-0.15, -0.1) is 0 Å². The van der Waals surface area contributed by atoms with Gasteiger partial charge in [-0.2, -0.15) is 11.8 Å². The smallest absolute Gasteiger partial charge is 0.305 e. The Morgan fingerprint density at radius 1 is 1.20 bits per heavy atom. The number of hydrazine groups is 1. The average molecular weight is 357 g/mol. The number of benzene rings is 2. The second kappa shape index (κ2) is 7.27. The molecule has 128 valence electrons. The number of hydrogen-bond donors (Lipinski definition) is 2. The SMILES string of the molecule is CSCc1c(C(=O)NNc2ccccc2[N+](=O)[O-])oc2ccccc12. The number of amides is 1. The summed E-state index contributed by atoms with van der Waals surface area (Å²) < 4.78 is 5.68. The van der Waals surface area contributed by atoms with E-state index in [4.69, 9.17) is 4.42 Å². The van der Waals surface area contributed by atoms with Crippen LogP contribution >= 0.6 is 11.8 Å². The summed E-state index contributed by atoms with van der Waals surface area (Å²) in [5.74, 6) is 0.325. The van der Waals surface area contributed by atoms with Gasteiger partial charge in [0.1, 0.15) is 11.3 Å². The van der Waals surface area contributed by atoms with E-state index in [1.54, 1.807) is 30.0 Å². The molecule has 3 aromatic rings. The molecule has 25 heavy (non-hydrogen) atoms. The van der Waals surface area contributed by atoms with Crippen LogP contribution in [0.5, 0.6) is 0 Å². The summed E-state index contributed by atoms with van der Waals surface area (Å²) in [6, 6.07) is 13.5. The zero-order chi connectivity index (χ0) is 17.8. The predicted octanol–water partition coefficient (Wildman–Crippen LogP) is 3.96. The lowest BCUT2D eigenvalue weighted by atomic mass is 10.1. The van der Waals surface area contributed by atoms with Crippen LogP contribution in [0.3, 0.4) is 0 Å². The molecule has 0 saturated carbocycles. The molecule has 1 amide bonds. The minimum absolute atomic E-state index is 0.128. The summed E-state index contributed by atoms with van der Waals surface area (Å²) in [5.41, 5.74) is 6.57. The normalized spacial score (nSPS) is 10.6. The Kier molecular flexibility index (Phi) is 4.90. The minimum atomic E-state index is -0.519. The first-order chi connectivity index (χ1) is 12.1. The van der Waals surface area contributed by atoms with Gasteiger partial charge >= 0.3 is 5.91 Å². The van der Waals surface area contributed by atoms with E-state index in [9.17, 15) is 14.9 Å². The lowest BCUT2D eigenvalue weighted by molar-refractivity contribution is -0.384. The number of para-hydroxylation sites is 3. The third-order valence-corrected chi connectivity index (χ3v) is 4.18. The molecule has 0 fully saturated rings. The molecule has 0 aliphatic carbocycles. The van der Waals surface area contributed by atoms with Gasteiger partial charge < -0.3 is 4.42 Å². The Morgan fingerprint density at radius 3 is 2.68 bits per heavy atom. The highest BCUT2D eigenvalue weighted by molar-refractivity contribution is 7.97. The van der Waals surface area contributed by atoms with Crippen LogP contribution in [0.4, 0.5) is 11.4 Å². The number of hydrogen-bond acceptors (Lipinski definition) is 6. The summed E-state index contributed by atoms with van der Waals surface area (Å²) >= 11 is 1.58. The van der Waals surface area contributed by atoms with Crippen molar-refractivity contribution in [3.8, 4) is 0 Å². The number of nitro benzene ring substituents is 1. The van der Waals surface area contributed by atoms with E-state index in [0.29, 0.717) is 11.3 Å². The summed E-state index contributed by atoms with van der Waals surface area (Å²) in [5, 5.41) is 11.9. The van der Waals surface area contributed by atoms with Crippen molar-refractivity contribution in [2.45, 2.75) is 5.75 Å². The fraction of sp³-hybridized carbons (Fsp3) is 0.118. The largest absolute Gasteiger partial charge is 0.451 e. The fourth-order valence-corrected chi connectivity index (χ4v) is 3.06. The molecule has 0 aliphatic rings. The molecule has 1 heterocycles. The first-order valence-corrected chi connectivity index (χ1v) is 8.80. The van der Waals surface area contributed by atoms with Crippen molar-refractivity contribution < 1.29 is 14.1 Å². The Balaban J connectivity index is 1.86. The Labute approximate surface area is 147 Å². The fourth-order valence-electron chi connectivity index (χ4n) is 2.49. The average Bonchev–Trinajstić information content (AvgIpc) is 2.99. The molecule has 0 unspecified atom stereocenters. The number of nitrogens with one attached hydrogen (secondary N) is 2. The van der Waals surface area contributed by atoms with E-state index in [1.165, 1.54) is 12.1 Å². The van der Waals surface area contributed by atoms with Gasteiger partial charge in [-0.05, 0) is 18.4 Å². The van der Waals surface area contributed by atoms with Crippen LogP contribution in [-0.4, -0.2) is 17.1 Å². The van der Waals surface area contributed by atoms with Crippen LogP contribution in [0.2, 0.25) is 0 Å². The molecule has 0 radical (unpaired) electrons. The van der Waals surface area contributed by atoms with Crippen LogP contribution in [0.15, 0.2) is 52.9 Å². The highest BCUT2D eigenvalue weighted by atomic mass is 32.2. The first kappa shape index (κ1) is 16.8. The van der Waals surface area contributed by atoms with Crippen molar-refractivity contribution in [2.75, 3.05) is 11.7 Å². The van der Waals surface area contributed by atoms with E-state index in [-0.39, 0.29) is 17.1 Å². The summed E-state index contributed by atoms with van der Waals surface area (Å²) in [6.07, 6.45) is 1.94. The van der Waals surface area contributed by atoms with Gasteiger partial charge in [0, 0.05) is 22.8 Å². The van der Waals surface area contributed by atoms with Crippen LogP contribution in [0.25, 0.3) is 11.0 Å². The van der Waals surface area contributed by atoms with E-state index in [0.717, 1.165) is 10.9 Å². The standard InChI is InChI=1S/C17H15N3O4S/c1-25-10-12-11-6-2-5-9-15(11)24-16(12)17(21)19-18-13-7-3-4-8-14(13)20(22)23/h2-9,18H,10H2,1H3,(H,19,21). The lowest BCUT2D eigenvalue weighted by Gasteiger charge is -2.08. The molecule has 0 saturated heterocycles. The van der Waals surface area contributed by atoms with Crippen molar-refractivity contribution >= 4 is 40.0 Å². The van der Waals surface area contributed by atoms with Gasteiger partial charge in [0.2, 0.25) is 0 Å². The second-order valence-electron chi connectivity index (χ2n) is 5.19. The van der Waals surface area contributed by atoms with Crippen molar-refractivity contribution in [3.05, 3.63) is 70.0 Å². The number of nitrogens with zero attached hydrogens (tertiary/aromatic N) is 1. The minimum Gasteiger partial charge on any atom is -0.451 e. The van der Waals surface area contributed by atoms with Crippen LogP contribution in [0, 0.1) is 10.1 Å². The Morgan fingerprint density at radius 2 is 1.92 bits per heavy atom. The van der Waals surface area contributed by atoms with Gasteiger partial charge in [0.05, 0.1) is 4.92 Å². The van der Waals surface area contributed by atoms with Crippen LogP contribution in [-0.2, 0) is 5.75 Å². The van der Waals surface area contributed by atoms with Crippen molar-refractivity contribution in [2.24, 2.45) is 0 Å². The number of fused-ring (bicyclic) bond motifs is 1. The maximum absolute atomic E-state index is 12.5. The Hall–Kier alpha value is -3.00. The summed E-state index contributed by atoms with van der Waals surface area (Å²) in [4.78, 5) is 23.0. The van der Waals surface area contributed by atoms with E-state index in [1.807, 2.05) is 24.5 Å². The highest BCUT2D eigenvalue weighted by Crippen LogP contribution is 2.29. The molecule has 2 N–H and O–H groups in total. The van der Waals surface area contributed by atoms with Gasteiger partial charge in [-0.3, -0.25) is 25.8 Å². The topological polar surface area (TPSA) is 97.4 Å². The van der Waals surface area contributed by atoms with Gasteiger partial charge in [-0.25, -0.2) is 0 Å². The summed E-state index contributed by atoms with van der Waals surface area (Å²) in [6.45, 7) is 0. The number of carbonyl (C=O) groups excluding carboxylic acids is 1. The number of nitro groups is 1. The Bertz CT molecular complexity index is 939. The predicted molar refractivity (Wildman–Crippen MR) is 97.6 cm³/mol. The molecule has 8 heteroatoms. The second-order valence-corrected chi connectivity index (χ2v) is 6.06. The van der Waals surface area contributed by atoms with Gasteiger partial charge in [-0.1, -0.05) is 30.3 Å². The van der Waals surface area contributed by atoms with Gasteiger partial charge in [0.25, 0.3) is 5.69 Å². The number of anilines is 1. The molecule has 7 nitrogen and oxygen atoms in total. The quantitative estimate of drug-likeness (QED) is 0.512. The maximum atomic E-state index is 12.5. The monoisotopic (exact) mass is 357 g/mol. The van der Waals surface area contributed by atoms with E-state index in [2.05, 4.69) is 10.9 Å². The van der Waals surface area contributed by atoms with E-state index >= 15 is 0 Å². The van der Waals surface area contributed by atoms with Crippen molar-refractivity contribution in [1.82, 2.24) is 5.43 Å². The lowest BCUT2D eigenvalue weighted by Crippen LogP contribution is -2.30. The zero-order valence-corrected chi connectivity index (χ0v) is 14.1. The molecule has 0 bridgehead atoms. The number of furan rings is 1. The molecule has 1 aromatic heterocycles. The van der Waals surface area contributed by atoms with E-state index < -0.39 is 10.8 Å².